The van der Waals surface area contributed by atoms with Gasteiger partial charge in [0.25, 0.3) is 0 Å². The highest BCUT2D eigenvalue weighted by atomic mass is 16.6. The van der Waals surface area contributed by atoms with Gasteiger partial charge in [-0.1, -0.05) is 18.8 Å². The molecule has 1 fully saturated rings. The lowest BCUT2D eigenvalue weighted by Gasteiger charge is -2.33. The maximum atomic E-state index is 11.7. The van der Waals surface area contributed by atoms with Crippen LogP contribution in [0.2, 0.25) is 0 Å². The van der Waals surface area contributed by atoms with Crippen LogP contribution >= 0.6 is 0 Å². The topological polar surface area (TPSA) is 102 Å². The molecule has 136 valence electrons. The first-order chi connectivity index (χ1) is 11.8. The summed E-state index contributed by atoms with van der Waals surface area (Å²) in [4.78, 5) is 19.9. The minimum absolute atomic E-state index is 0.120. The lowest BCUT2D eigenvalue weighted by Crippen LogP contribution is -2.45. The predicted molar refractivity (Wildman–Crippen MR) is 98.0 cm³/mol. The molecule has 7 nitrogen and oxygen atoms in total. The third-order valence-corrected chi connectivity index (χ3v) is 3.62. The zero-order valence-electron chi connectivity index (χ0n) is 15.3. The Morgan fingerprint density at radius 2 is 2.16 bits per heavy atom. The number of hydrogen-bond donors (Lipinski definition) is 3. The fraction of sp³-hybridized carbons (Fsp3) is 0.611. The molecule has 1 heterocycles. The van der Waals surface area contributed by atoms with Gasteiger partial charge >= 0.3 is 6.09 Å². The average Bonchev–Trinajstić information content (AvgIpc) is 2.46. The second-order valence-electron chi connectivity index (χ2n) is 7.20. The molecule has 1 amide bonds. The summed E-state index contributed by atoms with van der Waals surface area (Å²) in [7, 11) is 0. The molecule has 0 radical (unpaired) electrons. The SMILES string of the molecule is CCCNc1nc(N)ncc1C#CC1CC(NC(=O)OC(C)(C)C)C1. The third kappa shape index (κ3) is 6.14. The van der Waals surface area contributed by atoms with E-state index in [1.807, 2.05) is 20.8 Å². The highest BCUT2D eigenvalue weighted by Crippen LogP contribution is 2.27. The molecular weight excluding hydrogens is 318 g/mol. The highest BCUT2D eigenvalue weighted by Gasteiger charge is 2.30. The molecule has 0 atom stereocenters. The molecule has 7 heteroatoms. The number of nitrogens with one attached hydrogen (secondary N) is 2. The molecule has 0 saturated heterocycles. The van der Waals surface area contributed by atoms with E-state index >= 15 is 0 Å². The van der Waals surface area contributed by atoms with Gasteiger partial charge in [-0.05, 0) is 40.0 Å². The number of amides is 1. The van der Waals surface area contributed by atoms with Crippen LogP contribution in [0, 0.1) is 17.8 Å². The lowest BCUT2D eigenvalue weighted by molar-refractivity contribution is 0.0467. The van der Waals surface area contributed by atoms with E-state index in [0.29, 0.717) is 5.82 Å². The van der Waals surface area contributed by atoms with E-state index in [9.17, 15) is 4.79 Å². The summed E-state index contributed by atoms with van der Waals surface area (Å²) in [6.07, 6.45) is 3.89. The predicted octanol–water partition coefficient (Wildman–Crippen LogP) is 2.54. The zero-order valence-corrected chi connectivity index (χ0v) is 15.3. The normalized spacial score (nSPS) is 19.2. The van der Waals surface area contributed by atoms with Crippen LogP contribution in [0.1, 0.15) is 52.5 Å². The molecule has 4 N–H and O–H groups in total. The number of ether oxygens (including phenoxy) is 1. The monoisotopic (exact) mass is 345 g/mol. The van der Waals surface area contributed by atoms with E-state index < -0.39 is 5.60 Å². The Labute approximate surface area is 149 Å². The van der Waals surface area contributed by atoms with E-state index in [1.165, 1.54) is 0 Å². The summed E-state index contributed by atoms with van der Waals surface area (Å²) in [5, 5.41) is 6.08. The van der Waals surface area contributed by atoms with Crippen LogP contribution in [0.25, 0.3) is 0 Å². The second-order valence-corrected chi connectivity index (χ2v) is 7.20. The van der Waals surface area contributed by atoms with Gasteiger partial charge in [0.2, 0.25) is 5.95 Å². The molecule has 0 aliphatic heterocycles. The van der Waals surface area contributed by atoms with Crippen LogP contribution in [0.4, 0.5) is 16.6 Å². The molecule has 0 bridgehead atoms. The molecule has 1 aromatic heterocycles. The van der Waals surface area contributed by atoms with Crippen molar-refractivity contribution < 1.29 is 9.53 Å². The van der Waals surface area contributed by atoms with Crippen molar-refractivity contribution >= 4 is 17.9 Å². The van der Waals surface area contributed by atoms with Crippen molar-refractivity contribution in [1.82, 2.24) is 15.3 Å². The van der Waals surface area contributed by atoms with Crippen LogP contribution < -0.4 is 16.4 Å². The van der Waals surface area contributed by atoms with Crippen molar-refractivity contribution in [3.05, 3.63) is 11.8 Å². The van der Waals surface area contributed by atoms with Crippen LogP contribution in [0.5, 0.6) is 0 Å². The van der Waals surface area contributed by atoms with Gasteiger partial charge in [0, 0.05) is 18.5 Å². The fourth-order valence-corrected chi connectivity index (χ4v) is 2.37. The Balaban J connectivity index is 1.87. The Bertz CT molecular complexity index is 666. The summed E-state index contributed by atoms with van der Waals surface area (Å²) < 4.78 is 5.25. The average molecular weight is 345 g/mol. The second kappa shape index (κ2) is 8.06. The maximum absolute atomic E-state index is 11.7. The molecule has 25 heavy (non-hydrogen) atoms. The van der Waals surface area contributed by atoms with E-state index in [2.05, 4.69) is 39.4 Å². The van der Waals surface area contributed by atoms with E-state index in [0.717, 1.165) is 31.4 Å². The van der Waals surface area contributed by atoms with Gasteiger partial charge in [-0.3, -0.25) is 0 Å². The zero-order chi connectivity index (χ0) is 18.4. The number of anilines is 2. The summed E-state index contributed by atoms with van der Waals surface area (Å²) in [6.45, 7) is 8.42. The minimum Gasteiger partial charge on any atom is -0.444 e. The molecule has 0 spiro atoms. The van der Waals surface area contributed by atoms with Crippen molar-refractivity contribution in [2.75, 3.05) is 17.6 Å². The van der Waals surface area contributed by atoms with Crippen molar-refractivity contribution in [3.8, 4) is 11.8 Å². The fourth-order valence-electron chi connectivity index (χ4n) is 2.37. The maximum Gasteiger partial charge on any atom is 0.407 e. The quantitative estimate of drug-likeness (QED) is 0.725. The Hall–Kier alpha value is -2.49. The summed E-state index contributed by atoms with van der Waals surface area (Å²) in [6, 6.07) is 0.120. The molecule has 1 aliphatic carbocycles. The number of hydrogen-bond acceptors (Lipinski definition) is 6. The molecule has 0 aromatic carbocycles. The van der Waals surface area contributed by atoms with Crippen molar-refractivity contribution in [2.24, 2.45) is 5.92 Å². The largest absolute Gasteiger partial charge is 0.444 e. The van der Waals surface area contributed by atoms with Gasteiger partial charge in [-0.15, -0.1) is 0 Å². The van der Waals surface area contributed by atoms with Gasteiger partial charge in [0.15, 0.2) is 0 Å². The number of nitrogen functional groups attached to an aromatic ring is 1. The Morgan fingerprint density at radius 1 is 1.44 bits per heavy atom. The van der Waals surface area contributed by atoms with Crippen LogP contribution in [-0.2, 0) is 4.74 Å². The van der Waals surface area contributed by atoms with Gasteiger partial charge < -0.3 is 21.1 Å². The van der Waals surface area contributed by atoms with Gasteiger partial charge in [0.1, 0.15) is 11.4 Å². The standard InChI is InChI=1S/C18H27N5O2/c1-5-8-20-15-13(11-21-16(19)23-15)7-6-12-9-14(10-12)22-17(24)25-18(2,3)4/h11-12,14H,5,8-10H2,1-4H3,(H,22,24)(H3,19,20,21,23). The summed E-state index contributed by atoms with van der Waals surface area (Å²) >= 11 is 0. The molecular formula is C18H27N5O2. The Kier molecular flexibility index (Phi) is 6.07. The van der Waals surface area contributed by atoms with Crippen molar-refractivity contribution in [1.29, 1.82) is 0 Å². The number of alkyl carbamates (subject to hydrolysis) is 1. The van der Waals surface area contributed by atoms with Crippen LogP contribution in [0.3, 0.4) is 0 Å². The highest BCUT2D eigenvalue weighted by molar-refractivity contribution is 5.68. The van der Waals surface area contributed by atoms with Crippen LogP contribution in [0.15, 0.2) is 6.20 Å². The number of carbonyl (C=O) groups excluding carboxylic acids is 1. The summed E-state index contributed by atoms with van der Waals surface area (Å²) in [5.41, 5.74) is 5.90. The van der Waals surface area contributed by atoms with Gasteiger partial charge in [-0.2, -0.15) is 4.98 Å². The number of nitrogens with two attached hydrogens (primary N) is 1. The third-order valence-electron chi connectivity index (χ3n) is 3.62. The van der Waals surface area contributed by atoms with Crippen LogP contribution in [-0.4, -0.2) is 34.2 Å². The Morgan fingerprint density at radius 3 is 2.80 bits per heavy atom. The van der Waals surface area contributed by atoms with Gasteiger partial charge in [0.05, 0.1) is 11.8 Å². The van der Waals surface area contributed by atoms with Gasteiger partial charge in [-0.25, -0.2) is 9.78 Å². The van der Waals surface area contributed by atoms with Crippen molar-refractivity contribution in [2.45, 2.75) is 58.6 Å². The molecule has 1 aliphatic rings. The van der Waals surface area contributed by atoms with E-state index in [-0.39, 0.29) is 24.0 Å². The molecule has 2 rings (SSSR count). The molecule has 0 unspecified atom stereocenters. The first-order valence-corrected chi connectivity index (χ1v) is 8.64. The number of nitrogens with zero attached hydrogens (tertiary/aromatic N) is 2. The lowest BCUT2D eigenvalue weighted by atomic mass is 9.81. The number of aromatic nitrogens is 2. The molecule has 1 aromatic rings. The number of rotatable bonds is 4. The van der Waals surface area contributed by atoms with Crippen molar-refractivity contribution in [3.63, 3.8) is 0 Å². The summed E-state index contributed by atoms with van der Waals surface area (Å²) in [5.74, 6) is 7.50. The van der Waals surface area contributed by atoms with E-state index in [1.54, 1.807) is 6.20 Å². The number of carbonyl (C=O) groups is 1. The first-order valence-electron chi connectivity index (χ1n) is 8.64. The smallest absolute Gasteiger partial charge is 0.407 e. The molecule has 1 saturated carbocycles. The first kappa shape index (κ1) is 18.8. The van der Waals surface area contributed by atoms with E-state index in [4.69, 9.17) is 10.5 Å². The minimum atomic E-state index is -0.482.